The minimum atomic E-state index is -0.168. The zero-order chi connectivity index (χ0) is 21.5. The Labute approximate surface area is 182 Å². The minimum absolute atomic E-state index is 0.0968. The van der Waals surface area contributed by atoms with Crippen molar-refractivity contribution in [1.82, 2.24) is 0 Å². The van der Waals surface area contributed by atoms with E-state index in [1.165, 1.54) is 83.5 Å². The number of halogens is 1. The fourth-order valence-electron chi connectivity index (χ4n) is 4.03. The molecule has 176 valence electrons. The van der Waals surface area contributed by atoms with E-state index in [1.54, 1.807) is 0 Å². The molecule has 0 aliphatic carbocycles. The van der Waals surface area contributed by atoms with Gasteiger partial charge in [-0.2, -0.15) is 0 Å². The summed E-state index contributed by atoms with van der Waals surface area (Å²) in [7, 11) is 1.84. The third kappa shape index (κ3) is 18.3. The van der Waals surface area contributed by atoms with Crippen LogP contribution in [0, 0.1) is 0 Å². The zero-order valence-corrected chi connectivity index (χ0v) is 20.3. The molecule has 0 fully saturated rings. The molecule has 0 N–H and O–H groups in total. The highest BCUT2D eigenvalue weighted by atomic mass is 19.1. The van der Waals surface area contributed by atoms with Crippen LogP contribution in [0.4, 0.5) is 4.39 Å². The first kappa shape index (κ1) is 28.9. The van der Waals surface area contributed by atoms with E-state index >= 15 is 0 Å². The molecular formula is C26H53FO2. The third-order valence-corrected chi connectivity index (χ3v) is 6.35. The lowest BCUT2D eigenvalue weighted by atomic mass is 9.93. The molecular weight excluding hydrogens is 363 g/mol. The van der Waals surface area contributed by atoms with Gasteiger partial charge in [0, 0.05) is 13.7 Å². The lowest BCUT2D eigenvalue weighted by Gasteiger charge is -2.31. The largest absolute Gasteiger partial charge is 0.378 e. The maximum absolute atomic E-state index is 12.0. The molecule has 1 unspecified atom stereocenters. The Morgan fingerprint density at radius 2 is 1.10 bits per heavy atom. The first-order valence-electron chi connectivity index (χ1n) is 12.9. The number of methoxy groups -OCH3 is 1. The highest BCUT2D eigenvalue weighted by Gasteiger charge is 2.27. The Balaban J connectivity index is 3.63. The molecule has 2 nitrogen and oxygen atoms in total. The van der Waals surface area contributed by atoms with Gasteiger partial charge in [0.1, 0.15) is 0 Å². The normalized spacial score (nSPS) is 13.7. The number of unbranched alkanes of at least 4 members (excludes halogenated alkanes) is 15. The Morgan fingerprint density at radius 1 is 0.621 bits per heavy atom. The van der Waals surface area contributed by atoms with Crippen LogP contribution in [0.5, 0.6) is 0 Å². The Kier molecular flexibility index (Phi) is 22.4. The lowest BCUT2D eigenvalue weighted by Crippen LogP contribution is -2.36. The molecule has 0 amide bonds. The van der Waals surface area contributed by atoms with Gasteiger partial charge in [0.05, 0.1) is 18.9 Å². The number of hydrogen-bond donors (Lipinski definition) is 0. The van der Waals surface area contributed by atoms with Crippen molar-refractivity contribution >= 4 is 0 Å². The predicted molar refractivity (Wildman–Crippen MR) is 126 cm³/mol. The van der Waals surface area contributed by atoms with E-state index in [9.17, 15) is 4.39 Å². The summed E-state index contributed by atoms with van der Waals surface area (Å²) >= 11 is 0. The fraction of sp³-hybridized carbons (Fsp3) is 1.00. The molecule has 0 saturated heterocycles. The van der Waals surface area contributed by atoms with Crippen LogP contribution < -0.4 is 0 Å². The molecule has 0 aliphatic heterocycles. The molecule has 0 radical (unpaired) electrons. The fourth-order valence-corrected chi connectivity index (χ4v) is 4.03. The minimum Gasteiger partial charge on any atom is -0.378 e. The van der Waals surface area contributed by atoms with Gasteiger partial charge in [0.15, 0.2) is 0 Å². The van der Waals surface area contributed by atoms with E-state index in [-0.39, 0.29) is 12.3 Å². The zero-order valence-electron chi connectivity index (χ0n) is 20.3. The van der Waals surface area contributed by atoms with Crippen LogP contribution in [0.3, 0.4) is 0 Å². The van der Waals surface area contributed by atoms with Crippen molar-refractivity contribution in [2.75, 3.05) is 27.0 Å². The van der Waals surface area contributed by atoms with Crippen LogP contribution in [0.15, 0.2) is 0 Å². The molecule has 0 aromatic rings. The van der Waals surface area contributed by atoms with Crippen LogP contribution in [-0.2, 0) is 9.47 Å². The van der Waals surface area contributed by atoms with Crippen molar-refractivity contribution in [3.05, 3.63) is 0 Å². The molecule has 0 bridgehead atoms. The topological polar surface area (TPSA) is 18.5 Å². The second-order valence-corrected chi connectivity index (χ2v) is 8.89. The van der Waals surface area contributed by atoms with Crippen molar-refractivity contribution in [3.63, 3.8) is 0 Å². The van der Waals surface area contributed by atoms with Crippen molar-refractivity contribution in [2.45, 2.75) is 141 Å². The average molecular weight is 417 g/mol. The Morgan fingerprint density at radius 3 is 1.59 bits per heavy atom. The van der Waals surface area contributed by atoms with Crippen molar-refractivity contribution < 1.29 is 13.9 Å². The molecule has 0 aromatic carbocycles. The molecule has 29 heavy (non-hydrogen) atoms. The third-order valence-electron chi connectivity index (χ3n) is 6.35. The summed E-state index contributed by atoms with van der Waals surface area (Å²) in [5.41, 5.74) is -0.0968. The van der Waals surface area contributed by atoms with Crippen LogP contribution >= 0.6 is 0 Å². The Hall–Kier alpha value is -0.150. The van der Waals surface area contributed by atoms with Gasteiger partial charge in [-0.25, -0.2) is 0 Å². The first-order valence-corrected chi connectivity index (χ1v) is 12.9. The summed E-state index contributed by atoms with van der Waals surface area (Å²) in [5, 5.41) is 0. The van der Waals surface area contributed by atoms with Gasteiger partial charge in [-0.3, -0.25) is 4.39 Å². The number of alkyl halides is 1. The van der Waals surface area contributed by atoms with Crippen molar-refractivity contribution in [2.24, 2.45) is 0 Å². The molecule has 0 aliphatic rings. The summed E-state index contributed by atoms with van der Waals surface area (Å²) in [4.78, 5) is 0. The molecule has 0 rings (SSSR count). The quantitative estimate of drug-likeness (QED) is 0.146. The van der Waals surface area contributed by atoms with Gasteiger partial charge in [-0.15, -0.1) is 0 Å². The molecule has 0 saturated carbocycles. The molecule has 1 atom stereocenters. The maximum Gasteiger partial charge on any atom is 0.0908 e. The number of hydrogen-bond acceptors (Lipinski definition) is 2. The standard InChI is InChI=1S/C26H53FO2/c1-4-6-7-8-9-10-11-12-13-16-19-22-26(5-2,28-3)25-29-24-21-18-15-14-17-20-23-27/h4-25H2,1-3H3. The van der Waals surface area contributed by atoms with Gasteiger partial charge < -0.3 is 9.47 Å². The van der Waals surface area contributed by atoms with Crippen LogP contribution in [0.25, 0.3) is 0 Å². The maximum atomic E-state index is 12.0. The summed E-state index contributed by atoms with van der Waals surface area (Å²) < 4.78 is 23.9. The van der Waals surface area contributed by atoms with Crippen LogP contribution in [0.2, 0.25) is 0 Å². The van der Waals surface area contributed by atoms with Crippen LogP contribution in [0.1, 0.15) is 136 Å². The summed E-state index contributed by atoms with van der Waals surface area (Å²) in [6, 6.07) is 0. The van der Waals surface area contributed by atoms with Gasteiger partial charge >= 0.3 is 0 Å². The summed E-state index contributed by atoms with van der Waals surface area (Å²) in [6.45, 7) is 5.88. The van der Waals surface area contributed by atoms with Gasteiger partial charge in [0.25, 0.3) is 0 Å². The molecule has 3 heteroatoms. The molecule has 0 spiro atoms. The number of ether oxygens (including phenoxy) is 2. The highest BCUT2D eigenvalue weighted by molar-refractivity contribution is 4.78. The van der Waals surface area contributed by atoms with Crippen LogP contribution in [-0.4, -0.2) is 32.6 Å². The SMILES string of the molecule is CCCCCCCCCCCCCC(CC)(COCCCCCCCCF)OC. The molecule has 0 heterocycles. The van der Waals surface area contributed by atoms with Gasteiger partial charge in [-0.05, 0) is 25.7 Å². The van der Waals surface area contributed by atoms with E-state index in [0.717, 1.165) is 51.7 Å². The smallest absolute Gasteiger partial charge is 0.0908 e. The predicted octanol–water partition coefficient (Wildman–Crippen LogP) is 8.81. The highest BCUT2D eigenvalue weighted by Crippen LogP contribution is 2.24. The van der Waals surface area contributed by atoms with E-state index < -0.39 is 0 Å². The molecule has 0 aromatic heterocycles. The van der Waals surface area contributed by atoms with Gasteiger partial charge in [-0.1, -0.05) is 110 Å². The second kappa shape index (κ2) is 22.5. The first-order chi connectivity index (χ1) is 14.2. The van der Waals surface area contributed by atoms with E-state index in [0.29, 0.717) is 0 Å². The average Bonchev–Trinajstić information content (AvgIpc) is 2.75. The van der Waals surface area contributed by atoms with Gasteiger partial charge in [0.2, 0.25) is 0 Å². The number of rotatable bonds is 24. The monoisotopic (exact) mass is 416 g/mol. The summed E-state index contributed by atoms with van der Waals surface area (Å²) in [5.74, 6) is 0. The van der Waals surface area contributed by atoms with E-state index in [1.807, 2.05) is 7.11 Å². The second-order valence-electron chi connectivity index (χ2n) is 8.89. The van der Waals surface area contributed by atoms with Crippen molar-refractivity contribution in [3.8, 4) is 0 Å². The van der Waals surface area contributed by atoms with Crippen molar-refractivity contribution in [1.29, 1.82) is 0 Å². The lowest BCUT2D eigenvalue weighted by molar-refractivity contribution is -0.0842. The van der Waals surface area contributed by atoms with E-state index in [4.69, 9.17) is 9.47 Å². The van der Waals surface area contributed by atoms with E-state index in [2.05, 4.69) is 13.8 Å². The Bertz CT molecular complexity index is 305. The summed E-state index contributed by atoms with van der Waals surface area (Å²) in [6.07, 6.45) is 23.7.